The van der Waals surface area contributed by atoms with Gasteiger partial charge >= 0.3 is 0 Å². The van der Waals surface area contributed by atoms with E-state index in [-0.39, 0.29) is 0 Å². The van der Waals surface area contributed by atoms with Gasteiger partial charge in [-0.1, -0.05) is 17.7 Å². The van der Waals surface area contributed by atoms with E-state index in [1.165, 1.54) is 0 Å². The number of halogens is 1. The monoisotopic (exact) mass is 382 g/mol. The Morgan fingerprint density at radius 3 is 2.70 bits per heavy atom. The summed E-state index contributed by atoms with van der Waals surface area (Å²) in [5.41, 5.74) is 2.61. The van der Waals surface area contributed by atoms with E-state index in [9.17, 15) is 0 Å². The highest BCUT2D eigenvalue weighted by molar-refractivity contribution is 6.30. The van der Waals surface area contributed by atoms with Gasteiger partial charge in [0.2, 0.25) is 5.95 Å². The summed E-state index contributed by atoms with van der Waals surface area (Å²) in [6, 6.07) is 13.3. The van der Waals surface area contributed by atoms with Gasteiger partial charge in [0.15, 0.2) is 0 Å². The summed E-state index contributed by atoms with van der Waals surface area (Å²) in [7, 11) is 4.12. The Bertz CT molecular complexity index is 869. The molecular weight excluding hydrogens is 360 g/mol. The molecule has 0 unspecified atom stereocenters. The minimum Gasteiger partial charge on any atom is -0.354 e. The maximum absolute atomic E-state index is 6.08. The highest BCUT2D eigenvalue weighted by Gasteiger charge is 2.08. The summed E-state index contributed by atoms with van der Waals surface area (Å²) >= 11 is 6.08. The zero-order chi connectivity index (χ0) is 19.1. The van der Waals surface area contributed by atoms with Crippen molar-refractivity contribution in [2.75, 3.05) is 37.8 Å². The molecule has 140 valence electrons. The van der Waals surface area contributed by atoms with Gasteiger partial charge in [-0.3, -0.25) is 4.98 Å². The lowest BCUT2D eigenvalue weighted by Gasteiger charge is -2.13. The summed E-state index contributed by atoms with van der Waals surface area (Å²) in [5.74, 6) is 1.28. The number of nitrogens with one attached hydrogen (secondary N) is 2. The van der Waals surface area contributed by atoms with E-state index in [1.54, 1.807) is 12.4 Å². The molecule has 3 rings (SSSR count). The van der Waals surface area contributed by atoms with Gasteiger partial charge in [0, 0.05) is 41.3 Å². The molecule has 0 saturated heterocycles. The summed E-state index contributed by atoms with van der Waals surface area (Å²) in [4.78, 5) is 15.6. The quantitative estimate of drug-likeness (QED) is 0.566. The molecule has 2 N–H and O–H groups in total. The molecule has 0 aliphatic heterocycles. The first-order valence-electron chi connectivity index (χ1n) is 8.81. The minimum atomic E-state index is 0.583. The average molecular weight is 383 g/mol. The van der Waals surface area contributed by atoms with Crippen LogP contribution >= 0.6 is 11.6 Å². The first kappa shape index (κ1) is 19.1. The summed E-state index contributed by atoms with van der Waals surface area (Å²) in [5, 5.41) is 7.28. The molecule has 2 aromatic heterocycles. The van der Waals surface area contributed by atoms with Gasteiger partial charge < -0.3 is 15.5 Å². The Labute approximate surface area is 164 Å². The van der Waals surface area contributed by atoms with Crippen LogP contribution in [0.3, 0.4) is 0 Å². The van der Waals surface area contributed by atoms with Crippen LogP contribution in [0.25, 0.3) is 11.3 Å². The lowest BCUT2D eigenvalue weighted by Crippen LogP contribution is -2.17. The van der Waals surface area contributed by atoms with Crippen molar-refractivity contribution in [1.82, 2.24) is 19.9 Å². The number of nitrogens with zero attached hydrogens (tertiary/aromatic N) is 4. The van der Waals surface area contributed by atoms with Crippen LogP contribution < -0.4 is 10.6 Å². The molecule has 0 bridgehead atoms. The van der Waals surface area contributed by atoms with E-state index in [2.05, 4.69) is 44.6 Å². The van der Waals surface area contributed by atoms with E-state index in [0.717, 1.165) is 36.5 Å². The molecule has 0 aliphatic rings. The normalized spacial score (nSPS) is 10.8. The van der Waals surface area contributed by atoms with Gasteiger partial charge in [-0.25, -0.2) is 4.98 Å². The van der Waals surface area contributed by atoms with E-state index in [1.807, 2.05) is 42.5 Å². The molecule has 0 radical (unpaired) electrons. The number of hydrogen-bond donors (Lipinski definition) is 2. The SMILES string of the molecule is CN(C)CCCNc1nc(Nc2cccc(Cl)c2)cc(-c2cccnc2)n1. The number of anilines is 3. The van der Waals surface area contributed by atoms with Crippen molar-refractivity contribution in [1.29, 1.82) is 0 Å². The maximum Gasteiger partial charge on any atom is 0.225 e. The van der Waals surface area contributed by atoms with Crippen LogP contribution in [-0.4, -0.2) is 47.0 Å². The van der Waals surface area contributed by atoms with E-state index >= 15 is 0 Å². The van der Waals surface area contributed by atoms with Crippen molar-refractivity contribution >= 4 is 29.1 Å². The molecule has 1 aromatic carbocycles. The second-order valence-electron chi connectivity index (χ2n) is 6.42. The van der Waals surface area contributed by atoms with Gasteiger partial charge in [0.25, 0.3) is 0 Å². The number of pyridine rings is 1. The fourth-order valence-corrected chi connectivity index (χ4v) is 2.75. The molecule has 3 aromatic rings. The topological polar surface area (TPSA) is 66.0 Å². The van der Waals surface area contributed by atoms with Crippen LogP contribution in [0.15, 0.2) is 54.9 Å². The van der Waals surface area contributed by atoms with Gasteiger partial charge in [0.05, 0.1) is 5.69 Å². The lowest BCUT2D eigenvalue weighted by molar-refractivity contribution is 0.405. The molecule has 2 heterocycles. The van der Waals surface area contributed by atoms with Crippen molar-refractivity contribution in [3.63, 3.8) is 0 Å². The van der Waals surface area contributed by atoms with Gasteiger partial charge in [-0.05, 0) is 57.4 Å². The Morgan fingerprint density at radius 1 is 1.07 bits per heavy atom. The number of benzene rings is 1. The molecule has 27 heavy (non-hydrogen) atoms. The molecule has 0 aliphatic carbocycles. The van der Waals surface area contributed by atoms with Gasteiger partial charge in [-0.15, -0.1) is 0 Å². The number of hydrogen-bond acceptors (Lipinski definition) is 6. The smallest absolute Gasteiger partial charge is 0.225 e. The highest BCUT2D eigenvalue weighted by atomic mass is 35.5. The maximum atomic E-state index is 6.08. The molecular formula is C20H23ClN6. The molecule has 6 nitrogen and oxygen atoms in total. The van der Waals surface area contributed by atoms with Crippen LogP contribution in [0.2, 0.25) is 5.02 Å². The number of aromatic nitrogens is 3. The third kappa shape index (κ3) is 5.91. The largest absolute Gasteiger partial charge is 0.354 e. The van der Waals surface area contributed by atoms with Crippen molar-refractivity contribution in [3.8, 4) is 11.3 Å². The highest BCUT2D eigenvalue weighted by Crippen LogP contribution is 2.24. The van der Waals surface area contributed by atoms with E-state index in [4.69, 9.17) is 11.6 Å². The van der Waals surface area contributed by atoms with Crippen molar-refractivity contribution in [3.05, 3.63) is 59.9 Å². The van der Waals surface area contributed by atoms with Crippen LogP contribution in [0, 0.1) is 0 Å². The summed E-state index contributed by atoms with van der Waals surface area (Å²) < 4.78 is 0. The van der Waals surface area contributed by atoms with E-state index < -0.39 is 0 Å². The average Bonchev–Trinajstić information content (AvgIpc) is 2.66. The second-order valence-corrected chi connectivity index (χ2v) is 6.86. The molecule has 0 spiro atoms. The second kappa shape index (κ2) is 9.30. The van der Waals surface area contributed by atoms with Gasteiger partial charge in [-0.2, -0.15) is 4.98 Å². The predicted octanol–water partition coefficient (Wildman–Crippen LogP) is 4.30. The Balaban J connectivity index is 1.83. The predicted molar refractivity (Wildman–Crippen MR) is 112 cm³/mol. The molecule has 0 saturated carbocycles. The summed E-state index contributed by atoms with van der Waals surface area (Å²) in [6.07, 6.45) is 4.54. The molecule has 0 fully saturated rings. The van der Waals surface area contributed by atoms with Crippen LogP contribution in [0.1, 0.15) is 6.42 Å². The zero-order valence-electron chi connectivity index (χ0n) is 15.5. The van der Waals surface area contributed by atoms with Crippen molar-refractivity contribution in [2.45, 2.75) is 6.42 Å². The Kier molecular flexibility index (Phi) is 6.57. The lowest BCUT2D eigenvalue weighted by atomic mass is 10.2. The van der Waals surface area contributed by atoms with Gasteiger partial charge in [0.1, 0.15) is 5.82 Å². The van der Waals surface area contributed by atoms with Crippen LogP contribution in [-0.2, 0) is 0 Å². The first-order chi connectivity index (χ1) is 13.1. The molecule has 0 amide bonds. The molecule has 0 atom stereocenters. The third-order valence-electron chi connectivity index (χ3n) is 3.85. The standard InChI is InChI=1S/C20H23ClN6/c1-27(2)11-5-10-23-20-25-18(15-6-4-9-22-14-15)13-19(26-20)24-17-8-3-7-16(21)12-17/h3-4,6-9,12-14H,5,10-11H2,1-2H3,(H2,23,24,25,26). The van der Waals surface area contributed by atoms with Crippen LogP contribution in [0.4, 0.5) is 17.5 Å². The third-order valence-corrected chi connectivity index (χ3v) is 4.08. The Morgan fingerprint density at radius 2 is 1.96 bits per heavy atom. The first-order valence-corrected chi connectivity index (χ1v) is 9.18. The van der Waals surface area contributed by atoms with Crippen LogP contribution in [0.5, 0.6) is 0 Å². The summed E-state index contributed by atoms with van der Waals surface area (Å²) in [6.45, 7) is 1.80. The fraction of sp³-hybridized carbons (Fsp3) is 0.250. The Hall–Kier alpha value is -2.70. The minimum absolute atomic E-state index is 0.583. The molecule has 7 heteroatoms. The van der Waals surface area contributed by atoms with Crippen molar-refractivity contribution < 1.29 is 0 Å². The van der Waals surface area contributed by atoms with Crippen molar-refractivity contribution in [2.24, 2.45) is 0 Å². The zero-order valence-corrected chi connectivity index (χ0v) is 16.2. The number of rotatable bonds is 8. The fourth-order valence-electron chi connectivity index (χ4n) is 2.56. The van der Waals surface area contributed by atoms with E-state index in [0.29, 0.717) is 16.8 Å².